The molecule has 2 aliphatic heterocycles. The summed E-state index contributed by atoms with van der Waals surface area (Å²) in [6, 6.07) is 2.16. The molecule has 134 valence electrons. The Hall–Kier alpha value is -2.22. The first-order chi connectivity index (χ1) is 12.2. The highest BCUT2D eigenvalue weighted by Gasteiger charge is 2.25. The Bertz CT molecular complexity index is 724. The van der Waals surface area contributed by atoms with Crippen molar-refractivity contribution in [1.82, 2.24) is 24.7 Å². The molecule has 1 fully saturated rings. The van der Waals surface area contributed by atoms with Crippen LogP contribution in [0.25, 0.3) is 0 Å². The highest BCUT2D eigenvalue weighted by molar-refractivity contribution is 5.49. The molecule has 0 aliphatic carbocycles. The van der Waals surface area contributed by atoms with Gasteiger partial charge in [0.1, 0.15) is 23.8 Å². The number of aromatic nitrogens is 5. The summed E-state index contributed by atoms with van der Waals surface area (Å²) in [7, 11) is 0. The lowest BCUT2D eigenvalue weighted by atomic mass is 10.1. The monoisotopic (exact) mass is 343 g/mol. The minimum absolute atomic E-state index is 0.140. The van der Waals surface area contributed by atoms with Crippen LogP contribution >= 0.6 is 0 Å². The molecule has 1 N–H and O–H groups in total. The summed E-state index contributed by atoms with van der Waals surface area (Å²) in [5.41, 5.74) is 0. The number of anilines is 2. The van der Waals surface area contributed by atoms with Gasteiger partial charge in [-0.2, -0.15) is 5.10 Å². The van der Waals surface area contributed by atoms with Crippen LogP contribution in [0.15, 0.2) is 12.4 Å². The molecule has 1 saturated heterocycles. The minimum atomic E-state index is 0.140. The van der Waals surface area contributed by atoms with Crippen LogP contribution in [0.3, 0.4) is 0 Å². The number of rotatable bonds is 4. The van der Waals surface area contributed by atoms with Crippen molar-refractivity contribution in [3.05, 3.63) is 24.0 Å². The number of nitrogens with zero attached hydrogens (tertiary/aromatic N) is 6. The SMILES string of the molecule is CC(C)c1nc2n(n1)CCC[C@@H]2Nc1cc(N2CCOCC2)ncn1. The molecule has 0 aromatic carbocycles. The van der Waals surface area contributed by atoms with E-state index in [1.165, 1.54) is 0 Å². The van der Waals surface area contributed by atoms with Crippen LogP contribution in [0.1, 0.15) is 50.3 Å². The van der Waals surface area contributed by atoms with Gasteiger partial charge in [0.25, 0.3) is 0 Å². The number of hydrogen-bond donors (Lipinski definition) is 1. The van der Waals surface area contributed by atoms with Gasteiger partial charge < -0.3 is 15.0 Å². The summed E-state index contributed by atoms with van der Waals surface area (Å²) in [5.74, 6) is 4.05. The zero-order chi connectivity index (χ0) is 17.2. The predicted molar refractivity (Wildman–Crippen MR) is 94.8 cm³/mol. The van der Waals surface area contributed by atoms with Gasteiger partial charge in [-0.25, -0.2) is 19.6 Å². The van der Waals surface area contributed by atoms with Gasteiger partial charge in [0.2, 0.25) is 0 Å². The first kappa shape index (κ1) is 16.3. The second kappa shape index (κ2) is 6.95. The maximum Gasteiger partial charge on any atom is 0.153 e. The topological polar surface area (TPSA) is 81.0 Å². The second-order valence-electron chi connectivity index (χ2n) is 6.91. The Morgan fingerprint density at radius 1 is 1.20 bits per heavy atom. The highest BCUT2D eigenvalue weighted by atomic mass is 16.5. The van der Waals surface area contributed by atoms with Gasteiger partial charge in [0.05, 0.1) is 19.3 Å². The zero-order valence-corrected chi connectivity index (χ0v) is 14.9. The molecule has 0 bridgehead atoms. The number of aryl methyl sites for hydroxylation is 1. The Morgan fingerprint density at radius 3 is 2.84 bits per heavy atom. The molecule has 0 spiro atoms. The Morgan fingerprint density at radius 2 is 2.04 bits per heavy atom. The molecular weight excluding hydrogens is 318 g/mol. The molecule has 8 heteroatoms. The third kappa shape index (κ3) is 3.44. The molecule has 1 atom stereocenters. The van der Waals surface area contributed by atoms with Crippen LogP contribution in [-0.4, -0.2) is 51.0 Å². The van der Waals surface area contributed by atoms with Crippen molar-refractivity contribution >= 4 is 11.6 Å². The van der Waals surface area contributed by atoms with Crippen LogP contribution in [0.2, 0.25) is 0 Å². The van der Waals surface area contributed by atoms with Gasteiger partial charge >= 0.3 is 0 Å². The molecule has 0 radical (unpaired) electrons. The van der Waals surface area contributed by atoms with E-state index in [1.807, 2.05) is 10.7 Å². The van der Waals surface area contributed by atoms with Crippen LogP contribution in [0, 0.1) is 0 Å². The molecule has 4 heterocycles. The highest BCUT2D eigenvalue weighted by Crippen LogP contribution is 2.28. The summed E-state index contributed by atoms with van der Waals surface area (Å²) in [6.07, 6.45) is 3.75. The third-order valence-electron chi connectivity index (χ3n) is 4.72. The van der Waals surface area contributed by atoms with E-state index in [0.717, 1.165) is 69.0 Å². The van der Waals surface area contributed by atoms with Gasteiger partial charge in [-0.05, 0) is 12.8 Å². The molecule has 4 rings (SSSR count). The van der Waals surface area contributed by atoms with Crippen LogP contribution in [0.5, 0.6) is 0 Å². The van der Waals surface area contributed by atoms with Crippen molar-refractivity contribution < 1.29 is 4.74 Å². The lowest BCUT2D eigenvalue weighted by Gasteiger charge is -2.28. The summed E-state index contributed by atoms with van der Waals surface area (Å²) in [5, 5.41) is 8.18. The quantitative estimate of drug-likeness (QED) is 0.909. The second-order valence-corrected chi connectivity index (χ2v) is 6.91. The van der Waals surface area contributed by atoms with Gasteiger partial charge in [0.15, 0.2) is 5.82 Å². The number of nitrogens with one attached hydrogen (secondary N) is 1. The smallest absolute Gasteiger partial charge is 0.153 e. The first-order valence-corrected chi connectivity index (χ1v) is 9.06. The normalized spacial score (nSPS) is 20.6. The first-order valence-electron chi connectivity index (χ1n) is 9.06. The van der Waals surface area contributed by atoms with Crippen LogP contribution in [0.4, 0.5) is 11.6 Å². The largest absolute Gasteiger partial charge is 0.378 e. The standard InChI is InChI=1S/C17H25N7O/c1-12(2)16-21-17-13(4-3-5-24(17)22-16)20-14-10-15(19-11-18-14)23-6-8-25-9-7-23/h10-13H,3-9H2,1-2H3,(H,18,19,20)/t13-/m0/s1. The summed E-state index contributed by atoms with van der Waals surface area (Å²) >= 11 is 0. The van der Waals surface area contributed by atoms with Gasteiger partial charge in [-0.1, -0.05) is 13.8 Å². The Balaban J connectivity index is 1.53. The van der Waals surface area contributed by atoms with Crippen molar-refractivity contribution in [1.29, 1.82) is 0 Å². The van der Waals surface area contributed by atoms with E-state index in [1.54, 1.807) is 6.33 Å². The van der Waals surface area contributed by atoms with E-state index in [4.69, 9.17) is 9.72 Å². The molecule has 2 aromatic heterocycles. The molecule has 2 aromatic rings. The fourth-order valence-corrected chi connectivity index (χ4v) is 3.32. The average molecular weight is 343 g/mol. The fourth-order valence-electron chi connectivity index (χ4n) is 3.32. The molecule has 0 amide bonds. The zero-order valence-electron chi connectivity index (χ0n) is 14.9. The Labute approximate surface area is 147 Å². The number of ether oxygens (including phenoxy) is 1. The maximum atomic E-state index is 5.41. The third-order valence-corrected chi connectivity index (χ3v) is 4.72. The lowest BCUT2D eigenvalue weighted by Crippen LogP contribution is -2.36. The van der Waals surface area contributed by atoms with Crippen molar-refractivity contribution in [3.8, 4) is 0 Å². The molecule has 25 heavy (non-hydrogen) atoms. The van der Waals surface area contributed by atoms with E-state index in [0.29, 0.717) is 5.92 Å². The predicted octanol–water partition coefficient (Wildman–Crippen LogP) is 1.98. The van der Waals surface area contributed by atoms with E-state index in [9.17, 15) is 0 Å². The maximum absolute atomic E-state index is 5.41. The van der Waals surface area contributed by atoms with Crippen molar-refractivity contribution in [2.45, 2.75) is 45.2 Å². The van der Waals surface area contributed by atoms with E-state index in [-0.39, 0.29) is 6.04 Å². The molecule has 2 aliphatic rings. The molecule has 0 saturated carbocycles. The van der Waals surface area contributed by atoms with E-state index >= 15 is 0 Å². The van der Waals surface area contributed by atoms with Crippen LogP contribution < -0.4 is 10.2 Å². The summed E-state index contributed by atoms with van der Waals surface area (Å²) < 4.78 is 7.46. The number of morpholine rings is 1. The number of hydrogen-bond acceptors (Lipinski definition) is 7. The molecule has 8 nitrogen and oxygen atoms in total. The van der Waals surface area contributed by atoms with Crippen molar-refractivity contribution in [2.75, 3.05) is 36.5 Å². The number of fused-ring (bicyclic) bond motifs is 1. The molecule has 0 unspecified atom stereocenters. The lowest BCUT2D eigenvalue weighted by molar-refractivity contribution is 0.122. The van der Waals surface area contributed by atoms with Gasteiger partial charge in [-0.3, -0.25) is 0 Å². The summed E-state index contributed by atoms with van der Waals surface area (Å²) in [6.45, 7) is 8.42. The molecular formula is C17H25N7O. The minimum Gasteiger partial charge on any atom is -0.378 e. The van der Waals surface area contributed by atoms with E-state index in [2.05, 4.69) is 39.1 Å². The van der Waals surface area contributed by atoms with Crippen molar-refractivity contribution in [3.63, 3.8) is 0 Å². The Kier molecular flexibility index (Phi) is 4.52. The summed E-state index contributed by atoms with van der Waals surface area (Å²) in [4.78, 5) is 15.8. The average Bonchev–Trinajstić information content (AvgIpc) is 3.09. The van der Waals surface area contributed by atoms with Crippen molar-refractivity contribution in [2.24, 2.45) is 0 Å². The van der Waals surface area contributed by atoms with Gasteiger partial charge in [0, 0.05) is 31.6 Å². The fraction of sp³-hybridized carbons (Fsp3) is 0.647. The van der Waals surface area contributed by atoms with E-state index < -0.39 is 0 Å². The van der Waals surface area contributed by atoms with Gasteiger partial charge in [-0.15, -0.1) is 0 Å². The van der Waals surface area contributed by atoms with Crippen LogP contribution in [-0.2, 0) is 11.3 Å².